The molecule has 3 aromatic rings. The van der Waals surface area contributed by atoms with Crippen molar-refractivity contribution in [2.75, 3.05) is 26.8 Å². The Morgan fingerprint density at radius 2 is 1.90 bits per heavy atom. The van der Waals surface area contributed by atoms with Gasteiger partial charge in [0.15, 0.2) is 23.2 Å². The Balaban J connectivity index is 1.38. The minimum absolute atomic E-state index is 0.0135. The number of nitrogens with zero attached hydrogens (tertiary/aromatic N) is 5. The number of aromatic nitrogens is 4. The number of amides is 1. The number of rotatable bonds is 7. The zero-order valence-electron chi connectivity index (χ0n) is 23.0. The van der Waals surface area contributed by atoms with Crippen LogP contribution < -0.4 is 0 Å². The maximum absolute atomic E-state index is 13.8. The molecule has 0 saturated carbocycles. The molecule has 15 heteroatoms. The van der Waals surface area contributed by atoms with Crippen LogP contribution in [-0.4, -0.2) is 97.5 Å². The summed E-state index contributed by atoms with van der Waals surface area (Å²) in [5.74, 6) is -4.21. The third kappa shape index (κ3) is 5.79. The van der Waals surface area contributed by atoms with Gasteiger partial charge in [-0.05, 0) is 25.0 Å². The third-order valence-corrected chi connectivity index (χ3v) is 8.02. The summed E-state index contributed by atoms with van der Waals surface area (Å²) in [6.07, 6.45) is -1.38. The number of methoxy groups -OCH3 is 1. The average molecular weight is 596 g/mol. The summed E-state index contributed by atoms with van der Waals surface area (Å²) in [7, 11) is 1.39. The number of hydrogen-bond donors (Lipinski definition) is 3. The fourth-order valence-electron chi connectivity index (χ4n) is 5.70. The first-order chi connectivity index (χ1) is 20.0. The van der Waals surface area contributed by atoms with Gasteiger partial charge in [-0.1, -0.05) is 10.4 Å². The largest absolute Gasteiger partial charge is 0.394 e. The minimum Gasteiger partial charge on any atom is -0.394 e. The second kappa shape index (κ2) is 12.1. The van der Waals surface area contributed by atoms with Crippen molar-refractivity contribution >= 4 is 5.91 Å². The Morgan fingerprint density at radius 1 is 1.17 bits per heavy atom. The van der Waals surface area contributed by atoms with Crippen molar-refractivity contribution < 1.29 is 47.3 Å². The predicted octanol–water partition coefficient (Wildman–Crippen LogP) is 1.49. The van der Waals surface area contributed by atoms with Crippen LogP contribution in [0.15, 0.2) is 28.9 Å². The zero-order valence-corrected chi connectivity index (χ0v) is 23.0. The third-order valence-electron chi connectivity index (χ3n) is 8.02. The molecule has 228 valence electrons. The smallest absolute Gasteiger partial charge is 0.219 e. The maximum atomic E-state index is 13.8. The van der Waals surface area contributed by atoms with Gasteiger partial charge in [-0.25, -0.2) is 17.9 Å². The topological polar surface area (TPSA) is 156 Å². The van der Waals surface area contributed by atoms with Gasteiger partial charge in [-0.2, -0.15) is 0 Å². The monoisotopic (exact) mass is 595 g/mol. The second-order valence-corrected chi connectivity index (χ2v) is 10.7. The number of ether oxygens (including phenoxy) is 2. The van der Waals surface area contributed by atoms with E-state index in [1.807, 2.05) is 0 Å². The molecule has 1 aromatic carbocycles. The zero-order chi connectivity index (χ0) is 30.2. The number of aliphatic hydroxyl groups excluding tert-OH is 2. The van der Waals surface area contributed by atoms with Gasteiger partial charge >= 0.3 is 0 Å². The first kappa shape index (κ1) is 30.1. The van der Waals surface area contributed by atoms with E-state index < -0.39 is 60.1 Å². The molecule has 0 aliphatic carbocycles. The molecule has 0 spiro atoms. The van der Waals surface area contributed by atoms with Crippen molar-refractivity contribution in [2.45, 2.75) is 68.7 Å². The van der Waals surface area contributed by atoms with Crippen molar-refractivity contribution in [3.05, 3.63) is 53.3 Å². The molecule has 6 atom stereocenters. The molecule has 2 aliphatic rings. The molecule has 5 rings (SSSR count). The highest BCUT2D eigenvalue weighted by molar-refractivity contribution is 5.73. The minimum atomic E-state index is -1.61. The molecule has 42 heavy (non-hydrogen) atoms. The molecule has 0 unspecified atom stereocenters. The molecule has 12 nitrogen and oxygen atoms in total. The summed E-state index contributed by atoms with van der Waals surface area (Å²) < 4.78 is 59.5. The van der Waals surface area contributed by atoms with E-state index in [-0.39, 0.29) is 35.8 Å². The standard InChI is InChI=1S/C27H32F3N5O7/c1-14(37)34-6-3-4-27(39,5-7-34)22-11-16(32-42-22)10-20-26(40-2)24(25(38)21(13-36)41-20)35-12-19(31-33-35)15-8-17(28)23(30)18(29)9-15/h8-9,11-12,20-21,24-26,36,38-39H,3-7,10,13H2,1-2H3/t20-,21-,24+,25+,26+,27+/m1/s1. The number of carbonyl (C=O) groups is 1. The Labute approximate surface area is 238 Å². The SMILES string of the molecule is CO[C@@H]1[C@@H](n2cc(-c3cc(F)c(F)c(F)c3)nn2)[C@@H](O)[C@@H](CO)O[C@@H]1Cc1cc([C@]2(O)CCCN(C(C)=O)CC2)on1. The highest BCUT2D eigenvalue weighted by Crippen LogP contribution is 2.36. The van der Waals surface area contributed by atoms with Gasteiger partial charge in [0.25, 0.3) is 0 Å². The quantitative estimate of drug-likeness (QED) is 0.342. The second-order valence-electron chi connectivity index (χ2n) is 10.7. The average Bonchev–Trinajstić information content (AvgIpc) is 3.59. The summed E-state index contributed by atoms with van der Waals surface area (Å²) in [5, 5.41) is 44.4. The molecule has 3 N–H and O–H groups in total. The van der Waals surface area contributed by atoms with Crippen LogP contribution in [0.25, 0.3) is 11.3 Å². The lowest BCUT2D eigenvalue weighted by Crippen LogP contribution is -2.57. The Bertz CT molecular complexity index is 1400. The number of likely N-dealkylation sites (tertiary alicyclic amines) is 1. The summed E-state index contributed by atoms with van der Waals surface area (Å²) >= 11 is 0. The van der Waals surface area contributed by atoms with Crippen LogP contribution in [0.5, 0.6) is 0 Å². The number of benzene rings is 1. The molecule has 2 aliphatic heterocycles. The Kier molecular flexibility index (Phi) is 8.66. The Morgan fingerprint density at radius 3 is 2.57 bits per heavy atom. The van der Waals surface area contributed by atoms with E-state index in [1.54, 1.807) is 11.0 Å². The maximum Gasteiger partial charge on any atom is 0.219 e. The van der Waals surface area contributed by atoms with Crippen molar-refractivity contribution in [3.63, 3.8) is 0 Å². The van der Waals surface area contributed by atoms with Gasteiger partial charge < -0.3 is 34.2 Å². The van der Waals surface area contributed by atoms with Gasteiger partial charge in [0, 0.05) is 51.6 Å². The fraction of sp³-hybridized carbons (Fsp3) is 0.556. The molecule has 2 fully saturated rings. The van der Waals surface area contributed by atoms with Crippen LogP contribution >= 0.6 is 0 Å². The summed E-state index contributed by atoms with van der Waals surface area (Å²) in [6.45, 7) is 1.84. The van der Waals surface area contributed by atoms with Crippen LogP contribution in [0.4, 0.5) is 13.2 Å². The highest BCUT2D eigenvalue weighted by Gasteiger charge is 2.47. The van der Waals surface area contributed by atoms with Crippen molar-refractivity contribution in [1.82, 2.24) is 25.1 Å². The van der Waals surface area contributed by atoms with Crippen molar-refractivity contribution in [2.24, 2.45) is 0 Å². The van der Waals surface area contributed by atoms with Gasteiger partial charge in [0.05, 0.1) is 24.6 Å². The summed E-state index contributed by atoms with van der Waals surface area (Å²) in [4.78, 5) is 13.5. The van der Waals surface area contributed by atoms with E-state index in [2.05, 4.69) is 15.5 Å². The molecule has 4 heterocycles. The van der Waals surface area contributed by atoms with E-state index in [4.69, 9.17) is 14.0 Å². The van der Waals surface area contributed by atoms with Crippen LogP contribution in [0, 0.1) is 17.5 Å². The Hall–Kier alpha value is -3.37. The van der Waals surface area contributed by atoms with E-state index in [0.29, 0.717) is 31.6 Å². The number of hydrogen-bond acceptors (Lipinski definition) is 10. The lowest BCUT2D eigenvalue weighted by molar-refractivity contribution is -0.212. The summed E-state index contributed by atoms with van der Waals surface area (Å²) in [6, 6.07) is 2.21. The van der Waals surface area contributed by atoms with Gasteiger partial charge in [-0.3, -0.25) is 4.79 Å². The fourth-order valence-corrected chi connectivity index (χ4v) is 5.70. The molecule has 2 saturated heterocycles. The first-order valence-corrected chi connectivity index (χ1v) is 13.5. The lowest BCUT2D eigenvalue weighted by atomic mass is 9.89. The molecule has 1 amide bonds. The van der Waals surface area contributed by atoms with E-state index >= 15 is 0 Å². The first-order valence-electron chi connectivity index (χ1n) is 13.5. The summed E-state index contributed by atoms with van der Waals surface area (Å²) in [5.41, 5.74) is -0.950. The van der Waals surface area contributed by atoms with Crippen LogP contribution in [0.2, 0.25) is 0 Å². The number of aliphatic hydroxyl groups is 3. The highest BCUT2D eigenvalue weighted by atomic mass is 19.2. The molecule has 0 radical (unpaired) electrons. The predicted molar refractivity (Wildman–Crippen MR) is 137 cm³/mol. The number of carbonyl (C=O) groups excluding carboxylic acids is 1. The van der Waals surface area contributed by atoms with E-state index in [9.17, 15) is 33.3 Å². The molecule has 0 bridgehead atoms. The molecular weight excluding hydrogens is 563 g/mol. The van der Waals surface area contributed by atoms with Crippen molar-refractivity contribution in [1.29, 1.82) is 0 Å². The molecule has 2 aromatic heterocycles. The van der Waals surface area contributed by atoms with E-state index in [1.165, 1.54) is 24.9 Å². The van der Waals surface area contributed by atoms with Crippen molar-refractivity contribution in [3.8, 4) is 11.3 Å². The van der Waals surface area contributed by atoms with Gasteiger partial charge in [0.2, 0.25) is 5.91 Å². The molecular formula is C27H32F3N5O7. The van der Waals surface area contributed by atoms with Gasteiger partial charge in [-0.15, -0.1) is 5.10 Å². The van der Waals surface area contributed by atoms with E-state index in [0.717, 1.165) is 12.1 Å². The lowest BCUT2D eigenvalue weighted by Gasteiger charge is -2.43. The van der Waals surface area contributed by atoms with Crippen LogP contribution in [-0.2, 0) is 26.3 Å². The van der Waals surface area contributed by atoms with Gasteiger partial charge in [0.1, 0.15) is 35.6 Å². The number of halogens is 3. The van der Waals surface area contributed by atoms with Crippen LogP contribution in [0.3, 0.4) is 0 Å². The van der Waals surface area contributed by atoms with Crippen LogP contribution in [0.1, 0.15) is 43.7 Å². The normalized spacial score (nSPS) is 28.6.